The molecule has 2 aromatic heterocycles. The molecule has 2 heterocycles. The number of aromatic carboxylic acids is 1. The maximum Gasteiger partial charge on any atom is 0.416 e. The fourth-order valence-electron chi connectivity index (χ4n) is 2.32. The molecule has 27 heavy (non-hydrogen) atoms. The predicted octanol–water partition coefficient (Wildman–Crippen LogP) is 3.70. The lowest BCUT2D eigenvalue weighted by atomic mass is 10.1. The number of carbonyl (C=O) groups is 1. The molecule has 0 amide bonds. The van der Waals surface area contributed by atoms with Crippen molar-refractivity contribution in [2.75, 3.05) is 0 Å². The lowest BCUT2D eigenvalue weighted by molar-refractivity contribution is -0.137. The van der Waals surface area contributed by atoms with Gasteiger partial charge in [-0.3, -0.25) is 0 Å². The van der Waals surface area contributed by atoms with Crippen LogP contribution in [0, 0.1) is 0 Å². The van der Waals surface area contributed by atoms with E-state index in [1.807, 2.05) is 0 Å². The second-order valence-corrected chi connectivity index (χ2v) is 5.69. The van der Waals surface area contributed by atoms with Crippen LogP contribution in [0.4, 0.5) is 13.2 Å². The van der Waals surface area contributed by atoms with Crippen LogP contribution in [0.2, 0.25) is 0 Å². The van der Waals surface area contributed by atoms with Crippen molar-refractivity contribution in [2.24, 2.45) is 0 Å². The molecular weight excluding hydrogens is 363 g/mol. The van der Waals surface area contributed by atoms with Crippen LogP contribution in [0.25, 0.3) is 5.82 Å². The number of alkyl halides is 3. The van der Waals surface area contributed by atoms with Crippen molar-refractivity contribution in [3.05, 3.63) is 77.2 Å². The first kappa shape index (κ1) is 18.6. The minimum Gasteiger partial charge on any atom is -0.478 e. The monoisotopic (exact) mass is 377 g/mol. The van der Waals surface area contributed by atoms with Crippen LogP contribution >= 0.6 is 0 Å². The van der Waals surface area contributed by atoms with Crippen LogP contribution in [0.5, 0.6) is 0 Å². The second-order valence-electron chi connectivity index (χ2n) is 5.69. The molecule has 0 unspecified atom stereocenters. The van der Waals surface area contributed by atoms with Gasteiger partial charge in [-0.05, 0) is 29.3 Å². The molecule has 1 aromatic carbocycles. The quantitative estimate of drug-likeness (QED) is 0.709. The maximum atomic E-state index is 12.7. The molecule has 0 saturated heterocycles. The highest BCUT2D eigenvalue weighted by molar-refractivity contribution is 5.86. The van der Waals surface area contributed by atoms with Gasteiger partial charge in [0.1, 0.15) is 0 Å². The van der Waals surface area contributed by atoms with E-state index in [-0.39, 0.29) is 18.8 Å². The Bertz CT molecular complexity index is 937. The van der Waals surface area contributed by atoms with Gasteiger partial charge in [0, 0.05) is 12.4 Å². The molecule has 3 rings (SSSR count). The SMILES string of the molecule is O=C(O)c1cnn(-c2ccc(COCc3cccc(C(F)(F)F)c3)cn2)c1. The summed E-state index contributed by atoms with van der Waals surface area (Å²) in [6, 6.07) is 8.33. The highest BCUT2D eigenvalue weighted by atomic mass is 19.4. The molecule has 0 saturated carbocycles. The smallest absolute Gasteiger partial charge is 0.416 e. The molecule has 0 atom stereocenters. The van der Waals surface area contributed by atoms with Crippen LogP contribution in [0.3, 0.4) is 0 Å². The van der Waals surface area contributed by atoms with E-state index in [2.05, 4.69) is 10.1 Å². The summed E-state index contributed by atoms with van der Waals surface area (Å²) < 4.78 is 44.8. The minimum atomic E-state index is -4.39. The van der Waals surface area contributed by atoms with Gasteiger partial charge in [-0.25, -0.2) is 14.5 Å². The van der Waals surface area contributed by atoms with Gasteiger partial charge in [0.2, 0.25) is 0 Å². The van der Waals surface area contributed by atoms with Gasteiger partial charge in [-0.15, -0.1) is 0 Å². The Hall–Kier alpha value is -3.20. The molecule has 0 fully saturated rings. The third kappa shape index (κ3) is 4.70. The largest absolute Gasteiger partial charge is 0.478 e. The molecule has 0 aliphatic heterocycles. The average Bonchev–Trinajstić information content (AvgIpc) is 3.12. The molecule has 0 aliphatic carbocycles. The Balaban J connectivity index is 1.58. The first-order valence-corrected chi connectivity index (χ1v) is 7.80. The molecule has 6 nitrogen and oxygen atoms in total. The van der Waals surface area contributed by atoms with E-state index < -0.39 is 17.7 Å². The van der Waals surface area contributed by atoms with Crippen molar-refractivity contribution in [1.29, 1.82) is 0 Å². The number of hydrogen-bond donors (Lipinski definition) is 1. The Morgan fingerprint density at radius 2 is 1.89 bits per heavy atom. The number of aromatic nitrogens is 3. The van der Waals surface area contributed by atoms with E-state index in [0.717, 1.165) is 17.7 Å². The Labute approximate surface area is 151 Å². The fourth-order valence-corrected chi connectivity index (χ4v) is 2.32. The number of halogens is 3. The van der Waals surface area contributed by atoms with E-state index in [9.17, 15) is 18.0 Å². The molecule has 3 aromatic rings. The van der Waals surface area contributed by atoms with Crippen LogP contribution in [-0.4, -0.2) is 25.8 Å². The van der Waals surface area contributed by atoms with Crippen molar-refractivity contribution in [3.8, 4) is 5.82 Å². The molecular formula is C18H14F3N3O3. The standard InChI is InChI=1S/C18H14F3N3O3/c19-18(20,21)15-3-1-2-12(6-15)10-27-11-13-4-5-16(22-7-13)24-9-14(8-23-24)17(25)26/h1-9H,10-11H2,(H,25,26). The van der Waals surface area contributed by atoms with E-state index in [1.165, 1.54) is 29.3 Å². The summed E-state index contributed by atoms with van der Waals surface area (Å²) in [6.07, 6.45) is -0.295. The molecule has 0 radical (unpaired) electrons. The van der Waals surface area contributed by atoms with Gasteiger partial charge >= 0.3 is 12.1 Å². The zero-order chi connectivity index (χ0) is 19.4. The number of carboxylic acids is 1. The lowest BCUT2D eigenvalue weighted by Crippen LogP contribution is -2.05. The molecule has 0 bridgehead atoms. The van der Waals surface area contributed by atoms with Crippen molar-refractivity contribution in [3.63, 3.8) is 0 Å². The second kappa shape index (κ2) is 7.58. The minimum absolute atomic E-state index is 0.0345. The van der Waals surface area contributed by atoms with Crippen molar-refractivity contribution >= 4 is 5.97 Å². The first-order valence-electron chi connectivity index (χ1n) is 7.80. The molecule has 9 heteroatoms. The third-order valence-corrected chi connectivity index (χ3v) is 3.67. The Morgan fingerprint density at radius 3 is 2.52 bits per heavy atom. The first-order chi connectivity index (χ1) is 12.8. The van der Waals surface area contributed by atoms with Gasteiger partial charge in [0.15, 0.2) is 5.82 Å². The van der Waals surface area contributed by atoms with Crippen molar-refractivity contribution < 1.29 is 27.8 Å². The summed E-state index contributed by atoms with van der Waals surface area (Å²) >= 11 is 0. The lowest BCUT2D eigenvalue weighted by Gasteiger charge is -2.09. The van der Waals surface area contributed by atoms with E-state index in [1.54, 1.807) is 18.2 Å². The van der Waals surface area contributed by atoms with Crippen LogP contribution in [0.1, 0.15) is 27.0 Å². The summed E-state index contributed by atoms with van der Waals surface area (Å²) in [5.74, 6) is -0.648. The van der Waals surface area contributed by atoms with Crippen LogP contribution in [-0.2, 0) is 24.1 Å². The van der Waals surface area contributed by atoms with Crippen molar-refractivity contribution in [1.82, 2.24) is 14.8 Å². The molecule has 0 aliphatic rings. The molecule has 0 spiro atoms. The fraction of sp³-hybridized carbons (Fsp3) is 0.167. The van der Waals surface area contributed by atoms with Crippen molar-refractivity contribution in [2.45, 2.75) is 19.4 Å². The summed E-state index contributed by atoms with van der Waals surface area (Å²) in [5, 5.41) is 12.8. The van der Waals surface area contributed by atoms with Crippen LogP contribution < -0.4 is 0 Å². The number of carboxylic acid groups (broad SMARTS) is 1. The molecule has 140 valence electrons. The van der Waals surface area contributed by atoms with E-state index in [0.29, 0.717) is 11.4 Å². The highest BCUT2D eigenvalue weighted by Gasteiger charge is 2.30. The zero-order valence-electron chi connectivity index (χ0n) is 13.8. The number of hydrogen-bond acceptors (Lipinski definition) is 4. The normalized spacial score (nSPS) is 11.5. The topological polar surface area (TPSA) is 77.2 Å². The summed E-state index contributed by atoms with van der Waals surface area (Å²) in [5.41, 5.74) is 0.475. The summed E-state index contributed by atoms with van der Waals surface area (Å²) in [7, 11) is 0. The number of ether oxygens (including phenoxy) is 1. The number of benzene rings is 1. The third-order valence-electron chi connectivity index (χ3n) is 3.67. The Kier molecular flexibility index (Phi) is 5.22. The zero-order valence-corrected chi connectivity index (χ0v) is 13.8. The number of pyridine rings is 1. The molecule has 1 N–H and O–H groups in total. The van der Waals surface area contributed by atoms with Gasteiger partial charge in [0.05, 0.1) is 30.5 Å². The van der Waals surface area contributed by atoms with Gasteiger partial charge in [-0.1, -0.05) is 18.2 Å². The summed E-state index contributed by atoms with van der Waals surface area (Å²) in [6.45, 7) is 0.204. The van der Waals surface area contributed by atoms with E-state index >= 15 is 0 Å². The number of nitrogens with zero attached hydrogens (tertiary/aromatic N) is 3. The predicted molar refractivity (Wildman–Crippen MR) is 88.3 cm³/mol. The maximum absolute atomic E-state index is 12.7. The Morgan fingerprint density at radius 1 is 1.11 bits per heavy atom. The van der Waals surface area contributed by atoms with Gasteiger partial charge in [0.25, 0.3) is 0 Å². The number of rotatable bonds is 6. The van der Waals surface area contributed by atoms with E-state index in [4.69, 9.17) is 9.84 Å². The average molecular weight is 377 g/mol. The van der Waals surface area contributed by atoms with Gasteiger partial charge in [-0.2, -0.15) is 18.3 Å². The van der Waals surface area contributed by atoms with Gasteiger partial charge < -0.3 is 9.84 Å². The highest BCUT2D eigenvalue weighted by Crippen LogP contribution is 2.29. The van der Waals surface area contributed by atoms with Crippen LogP contribution in [0.15, 0.2) is 55.0 Å². The summed E-state index contributed by atoms with van der Waals surface area (Å²) in [4.78, 5) is 15.0.